The summed E-state index contributed by atoms with van der Waals surface area (Å²) in [5.41, 5.74) is 1.58. The van der Waals surface area contributed by atoms with Crippen LogP contribution in [0, 0.1) is 0 Å². The molecule has 1 N–H and O–H groups in total. The summed E-state index contributed by atoms with van der Waals surface area (Å²) in [4.78, 5) is 49.9. The summed E-state index contributed by atoms with van der Waals surface area (Å²) in [5.74, 6) is -1.01. The molecule has 32 heavy (non-hydrogen) atoms. The van der Waals surface area contributed by atoms with Gasteiger partial charge in [0.15, 0.2) is 0 Å². The number of nitrogens with one attached hydrogen (secondary N) is 1. The predicted octanol–water partition coefficient (Wildman–Crippen LogP) is 2.44. The van der Waals surface area contributed by atoms with E-state index in [0.717, 1.165) is 10.5 Å². The Morgan fingerprint density at radius 2 is 1.66 bits per heavy atom. The minimum Gasteiger partial charge on any atom is -0.497 e. The summed E-state index contributed by atoms with van der Waals surface area (Å²) in [5, 5.41) is 2.54. The SMILES string of the molecule is COc1ccc(/C=C/C(=O)NC(C)C(=O)OCCCN2C(=O)c3ccccc3C2=O)cc1. The maximum atomic E-state index is 12.3. The van der Waals surface area contributed by atoms with E-state index in [0.29, 0.717) is 23.3 Å². The topological polar surface area (TPSA) is 102 Å². The number of benzene rings is 2. The largest absolute Gasteiger partial charge is 0.497 e. The molecule has 8 nitrogen and oxygen atoms in total. The Hall–Kier alpha value is -3.94. The highest BCUT2D eigenvalue weighted by Crippen LogP contribution is 2.22. The van der Waals surface area contributed by atoms with Gasteiger partial charge in [-0.15, -0.1) is 0 Å². The zero-order chi connectivity index (χ0) is 23.1. The molecule has 166 valence electrons. The van der Waals surface area contributed by atoms with E-state index >= 15 is 0 Å². The second-order valence-corrected chi connectivity index (χ2v) is 7.17. The Morgan fingerprint density at radius 1 is 1.03 bits per heavy atom. The van der Waals surface area contributed by atoms with Crippen molar-refractivity contribution in [2.75, 3.05) is 20.3 Å². The number of imide groups is 1. The molecule has 0 aliphatic carbocycles. The van der Waals surface area contributed by atoms with Crippen LogP contribution in [-0.4, -0.2) is 54.9 Å². The van der Waals surface area contributed by atoms with E-state index in [9.17, 15) is 19.2 Å². The lowest BCUT2D eigenvalue weighted by Gasteiger charge is -2.15. The second kappa shape index (κ2) is 10.4. The first kappa shape index (κ1) is 22.7. The van der Waals surface area contributed by atoms with Crippen molar-refractivity contribution in [3.63, 3.8) is 0 Å². The van der Waals surface area contributed by atoms with Crippen LogP contribution in [0.5, 0.6) is 5.75 Å². The van der Waals surface area contributed by atoms with Gasteiger partial charge in [-0.3, -0.25) is 19.3 Å². The maximum Gasteiger partial charge on any atom is 0.328 e. The number of ether oxygens (including phenoxy) is 2. The van der Waals surface area contributed by atoms with Crippen molar-refractivity contribution in [2.45, 2.75) is 19.4 Å². The fourth-order valence-electron chi connectivity index (χ4n) is 3.17. The van der Waals surface area contributed by atoms with Crippen LogP contribution in [0.4, 0.5) is 0 Å². The molecular weight excluding hydrogens is 412 g/mol. The zero-order valence-corrected chi connectivity index (χ0v) is 17.9. The van der Waals surface area contributed by atoms with Gasteiger partial charge in [0, 0.05) is 12.6 Å². The van der Waals surface area contributed by atoms with E-state index in [1.54, 1.807) is 61.7 Å². The molecule has 1 unspecified atom stereocenters. The summed E-state index contributed by atoms with van der Waals surface area (Å²) >= 11 is 0. The van der Waals surface area contributed by atoms with Gasteiger partial charge < -0.3 is 14.8 Å². The number of amides is 3. The summed E-state index contributed by atoms with van der Waals surface area (Å²) in [6.45, 7) is 1.69. The van der Waals surface area contributed by atoms with Gasteiger partial charge in [-0.05, 0) is 49.2 Å². The lowest BCUT2D eigenvalue weighted by Crippen LogP contribution is -2.39. The van der Waals surface area contributed by atoms with Crippen molar-refractivity contribution in [3.8, 4) is 5.75 Å². The van der Waals surface area contributed by atoms with Crippen LogP contribution in [0.3, 0.4) is 0 Å². The Kier molecular flexibility index (Phi) is 7.38. The van der Waals surface area contributed by atoms with Gasteiger partial charge in [-0.1, -0.05) is 24.3 Å². The van der Waals surface area contributed by atoms with Crippen molar-refractivity contribution >= 4 is 29.8 Å². The molecule has 8 heteroatoms. The standard InChI is InChI=1S/C24H24N2O6/c1-16(25-21(27)13-10-17-8-11-18(31-2)12-9-17)24(30)32-15-5-14-26-22(28)19-6-3-4-7-20(19)23(26)29/h3-4,6-13,16H,5,14-15H2,1-2H3,(H,25,27)/b13-10+. The molecule has 1 aliphatic heterocycles. The molecule has 0 radical (unpaired) electrons. The van der Waals surface area contributed by atoms with Gasteiger partial charge >= 0.3 is 5.97 Å². The van der Waals surface area contributed by atoms with Gasteiger partial charge in [0.2, 0.25) is 5.91 Å². The van der Waals surface area contributed by atoms with Crippen LogP contribution in [0.1, 0.15) is 39.6 Å². The number of nitrogens with zero attached hydrogens (tertiary/aromatic N) is 1. The lowest BCUT2D eigenvalue weighted by molar-refractivity contribution is -0.147. The third-order valence-corrected chi connectivity index (χ3v) is 4.90. The first-order chi connectivity index (χ1) is 15.4. The van der Waals surface area contributed by atoms with E-state index in [1.807, 2.05) is 0 Å². The number of esters is 1. The average Bonchev–Trinajstić information content (AvgIpc) is 3.05. The third kappa shape index (κ3) is 5.40. The van der Waals surface area contributed by atoms with Crippen LogP contribution in [0.2, 0.25) is 0 Å². The van der Waals surface area contributed by atoms with Crippen LogP contribution in [0.25, 0.3) is 6.08 Å². The Morgan fingerprint density at radius 3 is 2.25 bits per heavy atom. The van der Waals surface area contributed by atoms with Crippen LogP contribution in [-0.2, 0) is 14.3 Å². The molecule has 0 aromatic heterocycles. The van der Waals surface area contributed by atoms with E-state index in [-0.39, 0.29) is 25.0 Å². The third-order valence-electron chi connectivity index (χ3n) is 4.90. The molecular formula is C24H24N2O6. The molecule has 1 atom stereocenters. The number of methoxy groups -OCH3 is 1. The predicted molar refractivity (Wildman–Crippen MR) is 117 cm³/mol. The number of carbonyl (C=O) groups is 4. The molecule has 0 fully saturated rings. The molecule has 0 bridgehead atoms. The monoisotopic (exact) mass is 436 g/mol. The summed E-state index contributed by atoms with van der Waals surface area (Å²) in [6.07, 6.45) is 3.25. The van der Waals surface area contributed by atoms with Crippen molar-refractivity contribution in [2.24, 2.45) is 0 Å². The summed E-state index contributed by atoms with van der Waals surface area (Å²) < 4.78 is 10.2. The molecule has 2 aromatic rings. The van der Waals surface area contributed by atoms with Gasteiger partial charge in [-0.25, -0.2) is 4.79 Å². The van der Waals surface area contributed by atoms with Crippen LogP contribution < -0.4 is 10.1 Å². The van der Waals surface area contributed by atoms with Gasteiger partial charge in [0.1, 0.15) is 11.8 Å². The number of rotatable bonds is 9. The fraction of sp³-hybridized carbons (Fsp3) is 0.250. The van der Waals surface area contributed by atoms with Gasteiger partial charge in [0.25, 0.3) is 11.8 Å². The minimum atomic E-state index is -0.845. The second-order valence-electron chi connectivity index (χ2n) is 7.17. The Bertz CT molecular complexity index is 1010. The highest BCUT2D eigenvalue weighted by molar-refractivity contribution is 6.21. The van der Waals surface area contributed by atoms with Crippen molar-refractivity contribution in [1.82, 2.24) is 10.2 Å². The molecule has 2 aromatic carbocycles. The van der Waals surface area contributed by atoms with Crippen molar-refractivity contribution in [3.05, 3.63) is 71.3 Å². The number of hydrogen-bond donors (Lipinski definition) is 1. The highest BCUT2D eigenvalue weighted by atomic mass is 16.5. The first-order valence-electron chi connectivity index (χ1n) is 10.1. The normalized spacial score (nSPS) is 13.8. The van der Waals surface area contributed by atoms with Crippen molar-refractivity contribution in [1.29, 1.82) is 0 Å². The molecule has 3 amide bonds. The molecule has 0 spiro atoms. The van der Waals surface area contributed by atoms with Gasteiger partial charge in [-0.2, -0.15) is 0 Å². The summed E-state index contributed by atoms with van der Waals surface area (Å²) in [6, 6.07) is 12.9. The molecule has 1 aliphatic rings. The van der Waals surface area contributed by atoms with E-state index in [2.05, 4.69) is 5.32 Å². The smallest absolute Gasteiger partial charge is 0.328 e. The van der Waals surface area contributed by atoms with Crippen LogP contribution in [0.15, 0.2) is 54.6 Å². The lowest BCUT2D eigenvalue weighted by atomic mass is 10.1. The Balaban J connectivity index is 1.39. The number of fused-ring (bicyclic) bond motifs is 1. The molecule has 1 heterocycles. The number of hydrogen-bond acceptors (Lipinski definition) is 6. The number of carbonyl (C=O) groups excluding carboxylic acids is 4. The molecule has 0 saturated heterocycles. The zero-order valence-electron chi connectivity index (χ0n) is 17.9. The van der Waals surface area contributed by atoms with Crippen LogP contribution >= 0.6 is 0 Å². The van der Waals surface area contributed by atoms with Gasteiger partial charge in [0.05, 0.1) is 24.8 Å². The average molecular weight is 436 g/mol. The van der Waals surface area contributed by atoms with E-state index in [4.69, 9.17) is 9.47 Å². The first-order valence-corrected chi connectivity index (χ1v) is 10.1. The van der Waals surface area contributed by atoms with E-state index in [1.165, 1.54) is 13.0 Å². The quantitative estimate of drug-likeness (QED) is 0.280. The fourth-order valence-corrected chi connectivity index (χ4v) is 3.17. The maximum absolute atomic E-state index is 12.3. The molecule has 0 saturated carbocycles. The molecule has 3 rings (SSSR count). The Labute approximate surface area is 185 Å². The summed E-state index contributed by atoms with van der Waals surface area (Å²) in [7, 11) is 1.57. The highest BCUT2D eigenvalue weighted by Gasteiger charge is 2.34. The minimum absolute atomic E-state index is 0.0220. The van der Waals surface area contributed by atoms with Crippen molar-refractivity contribution < 1.29 is 28.7 Å². The van der Waals surface area contributed by atoms with E-state index < -0.39 is 17.9 Å².